The third-order valence-corrected chi connectivity index (χ3v) is 11.4. The quantitative estimate of drug-likeness (QED) is 0.106. The van der Waals surface area contributed by atoms with Crippen molar-refractivity contribution in [2.24, 2.45) is 17.8 Å². The Morgan fingerprint density at radius 2 is 1.06 bits per heavy atom. The molecule has 0 N–H and O–H groups in total. The fourth-order valence-electron chi connectivity index (χ4n) is 8.29. The van der Waals surface area contributed by atoms with Gasteiger partial charge in [0.1, 0.15) is 0 Å². The smallest absolute Gasteiger partial charge is 0.167 e. The third-order valence-electron chi connectivity index (χ3n) is 11.4. The third kappa shape index (κ3) is 9.21. The van der Waals surface area contributed by atoms with E-state index in [0.29, 0.717) is 34.6 Å². The average Bonchev–Trinajstić information content (AvgIpc) is 3.11. The summed E-state index contributed by atoms with van der Waals surface area (Å²) < 4.78 is 61.0. The molecule has 0 aliphatic heterocycles. The van der Waals surface area contributed by atoms with E-state index in [4.69, 9.17) is 0 Å². The molecular formula is C44H56F4. The van der Waals surface area contributed by atoms with Gasteiger partial charge in [-0.3, -0.25) is 0 Å². The van der Waals surface area contributed by atoms with Crippen LogP contribution in [0, 0.1) is 41.0 Å². The molecule has 0 spiro atoms. The minimum atomic E-state index is -0.864. The van der Waals surface area contributed by atoms with Gasteiger partial charge < -0.3 is 0 Å². The van der Waals surface area contributed by atoms with Crippen LogP contribution in [0.5, 0.6) is 0 Å². The van der Waals surface area contributed by atoms with Crippen molar-refractivity contribution in [1.29, 1.82) is 0 Å². The number of hydrogen-bond donors (Lipinski definition) is 0. The van der Waals surface area contributed by atoms with Crippen LogP contribution in [0.15, 0.2) is 54.6 Å². The molecule has 5 rings (SSSR count). The molecule has 0 amide bonds. The molecule has 48 heavy (non-hydrogen) atoms. The first-order valence-corrected chi connectivity index (χ1v) is 19.2. The number of allylic oxidation sites excluding steroid dienone is 2. The lowest BCUT2D eigenvalue weighted by Gasteiger charge is -2.35. The lowest BCUT2D eigenvalue weighted by atomic mass is 9.70. The summed E-state index contributed by atoms with van der Waals surface area (Å²) in [6.07, 6.45) is 24.2. The molecule has 0 radical (unpaired) electrons. The maximum absolute atomic E-state index is 15.5. The van der Waals surface area contributed by atoms with Gasteiger partial charge in [0, 0.05) is 16.7 Å². The fourth-order valence-corrected chi connectivity index (χ4v) is 8.29. The van der Waals surface area contributed by atoms with Crippen LogP contribution in [0.4, 0.5) is 17.6 Å². The number of rotatable bonds is 16. The van der Waals surface area contributed by atoms with Crippen molar-refractivity contribution < 1.29 is 17.6 Å². The Morgan fingerprint density at radius 1 is 0.521 bits per heavy atom. The second-order valence-electron chi connectivity index (χ2n) is 14.7. The van der Waals surface area contributed by atoms with Gasteiger partial charge in [-0.25, -0.2) is 17.6 Å². The van der Waals surface area contributed by atoms with Crippen molar-refractivity contribution in [2.75, 3.05) is 0 Å². The molecule has 0 bridgehead atoms. The van der Waals surface area contributed by atoms with Crippen LogP contribution in [0.3, 0.4) is 0 Å². The normalized spacial score (nSPS) is 19.8. The van der Waals surface area contributed by atoms with Crippen LogP contribution in [-0.4, -0.2) is 0 Å². The summed E-state index contributed by atoms with van der Waals surface area (Å²) in [5.74, 6) is -1.02. The Hall–Kier alpha value is -2.88. The number of aryl methyl sites for hydroxylation is 1. The van der Waals surface area contributed by atoms with E-state index in [2.05, 4.69) is 19.9 Å². The maximum atomic E-state index is 15.5. The van der Waals surface area contributed by atoms with Gasteiger partial charge in [0.25, 0.3) is 0 Å². The molecular weight excluding hydrogens is 604 g/mol. The first kappa shape index (κ1) is 36.4. The molecule has 260 valence electrons. The van der Waals surface area contributed by atoms with E-state index in [-0.39, 0.29) is 11.1 Å². The molecule has 2 aliphatic rings. The zero-order valence-corrected chi connectivity index (χ0v) is 29.4. The highest BCUT2D eigenvalue weighted by atomic mass is 19.2. The summed E-state index contributed by atoms with van der Waals surface area (Å²) in [6.45, 7) is 4.42. The lowest BCUT2D eigenvalue weighted by Crippen LogP contribution is -2.23. The topological polar surface area (TPSA) is 0 Å². The molecule has 0 aromatic heterocycles. The molecule has 3 aromatic carbocycles. The van der Waals surface area contributed by atoms with Crippen LogP contribution in [0.2, 0.25) is 0 Å². The summed E-state index contributed by atoms with van der Waals surface area (Å²) in [5.41, 5.74) is 3.01. The first-order valence-electron chi connectivity index (χ1n) is 19.2. The van der Waals surface area contributed by atoms with Gasteiger partial charge in [0.05, 0.1) is 0 Å². The number of hydrogen-bond acceptors (Lipinski definition) is 0. The van der Waals surface area contributed by atoms with E-state index in [1.165, 1.54) is 64.2 Å². The van der Waals surface area contributed by atoms with Crippen molar-refractivity contribution >= 4 is 5.57 Å². The Balaban J connectivity index is 1.17. The molecule has 1 fully saturated rings. The SMILES string of the molecule is CCCCCCCc1ccc(-c2ccc(-c3ccc(C4=CCC(C5CCC(CCCCCCC)CC5)CC4)c(F)c3F)cc2)c(F)c1F. The average molecular weight is 661 g/mol. The van der Waals surface area contributed by atoms with Gasteiger partial charge in [-0.15, -0.1) is 0 Å². The summed E-state index contributed by atoms with van der Waals surface area (Å²) in [6, 6.07) is 13.2. The molecule has 2 aliphatic carbocycles. The molecule has 1 saturated carbocycles. The van der Waals surface area contributed by atoms with Crippen molar-refractivity contribution in [3.63, 3.8) is 0 Å². The molecule has 1 unspecified atom stereocenters. The Kier molecular flexibility index (Phi) is 13.8. The van der Waals surface area contributed by atoms with E-state index < -0.39 is 23.3 Å². The molecule has 1 atom stereocenters. The monoisotopic (exact) mass is 660 g/mol. The van der Waals surface area contributed by atoms with Gasteiger partial charge in [-0.2, -0.15) is 0 Å². The van der Waals surface area contributed by atoms with E-state index in [9.17, 15) is 4.39 Å². The van der Waals surface area contributed by atoms with Crippen LogP contribution < -0.4 is 0 Å². The molecule has 3 aromatic rings. The standard InChI is InChI=1S/C44H56F4/c1-3-5-7-9-11-13-31-15-17-32(18-16-31)33-19-21-34(22-20-33)39-29-30-40(44(48)43(39)47)36-25-23-35(24-26-36)38-28-27-37(41(45)42(38)46)14-12-10-8-6-4-2/h21,23-33H,3-20,22H2,1-2H3. The van der Waals surface area contributed by atoms with E-state index in [1.54, 1.807) is 48.5 Å². The Bertz CT molecular complexity index is 1480. The minimum absolute atomic E-state index is 0.171. The van der Waals surface area contributed by atoms with E-state index in [1.807, 2.05) is 0 Å². The van der Waals surface area contributed by atoms with Gasteiger partial charge >= 0.3 is 0 Å². The predicted octanol–water partition coefficient (Wildman–Crippen LogP) is 14.4. The van der Waals surface area contributed by atoms with Crippen LogP contribution in [0.25, 0.3) is 27.8 Å². The summed E-state index contributed by atoms with van der Waals surface area (Å²) in [7, 11) is 0. The number of unbranched alkanes of at least 4 members (excludes halogenated alkanes) is 8. The zero-order valence-electron chi connectivity index (χ0n) is 29.4. The van der Waals surface area contributed by atoms with Gasteiger partial charge in [0.2, 0.25) is 0 Å². The van der Waals surface area contributed by atoms with Crippen LogP contribution in [0.1, 0.15) is 141 Å². The second-order valence-corrected chi connectivity index (χ2v) is 14.7. The highest BCUT2D eigenvalue weighted by Crippen LogP contribution is 2.43. The Morgan fingerprint density at radius 3 is 1.67 bits per heavy atom. The summed E-state index contributed by atoms with van der Waals surface area (Å²) >= 11 is 0. The highest BCUT2D eigenvalue weighted by Gasteiger charge is 2.29. The number of halogens is 4. The van der Waals surface area contributed by atoms with E-state index >= 15 is 13.2 Å². The van der Waals surface area contributed by atoms with Crippen molar-refractivity contribution in [2.45, 2.75) is 136 Å². The lowest BCUT2D eigenvalue weighted by molar-refractivity contribution is 0.187. The van der Waals surface area contributed by atoms with Crippen LogP contribution in [-0.2, 0) is 6.42 Å². The summed E-state index contributed by atoms with van der Waals surface area (Å²) in [5, 5.41) is 0. The summed E-state index contributed by atoms with van der Waals surface area (Å²) in [4.78, 5) is 0. The van der Waals surface area contributed by atoms with E-state index in [0.717, 1.165) is 68.8 Å². The van der Waals surface area contributed by atoms with Crippen molar-refractivity contribution in [3.8, 4) is 22.3 Å². The molecule has 0 heterocycles. The minimum Gasteiger partial charge on any atom is -0.203 e. The second kappa shape index (κ2) is 18.2. The molecule has 4 heteroatoms. The molecule has 0 saturated heterocycles. The van der Waals surface area contributed by atoms with Crippen molar-refractivity contribution in [1.82, 2.24) is 0 Å². The number of benzene rings is 3. The largest absolute Gasteiger partial charge is 0.203 e. The maximum Gasteiger partial charge on any atom is 0.167 e. The Labute approximate surface area is 287 Å². The zero-order chi connectivity index (χ0) is 33.9. The molecule has 0 nitrogen and oxygen atoms in total. The first-order chi connectivity index (χ1) is 23.4. The van der Waals surface area contributed by atoms with Gasteiger partial charge in [-0.05, 0) is 85.0 Å². The fraction of sp³-hybridized carbons (Fsp3) is 0.545. The predicted molar refractivity (Wildman–Crippen MR) is 194 cm³/mol. The highest BCUT2D eigenvalue weighted by molar-refractivity contribution is 5.74. The van der Waals surface area contributed by atoms with Gasteiger partial charge in [0.15, 0.2) is 23.3 Å². The van der Waals surface area contributed by atoms with Crippen LogP contribution >= 0.6 is 0 Å². The van der Waals surface area contributed by atoms with Gasteiger partial charge in [-0.1, -0.05) is 146 Å². The van der Waals surface area contributed by atoms with Crippen molar-refractivity contribution in [3.05, 3.63) is 89.0 Å².